The van der Waals surface area contributed by atoms with Crippen molar-refractivity contribution in [2.75, 3.05) is 26.1 Å². The number of ether oxygens (including phenoxy) is 1. The molecule has 0 heterocycles. The van der Waals surface area contributed by atoms with Gasteiger partial charge in [-0.25, -0.2) is 4.39 Å². The van der Waals surface area contributed by atoms with Crippen LogP contribution in [-0.4, -0.2) is 32.7 Å². The van der Waals surface area contributed by atoms with Crippen LogP contribution in [0.25, 0.3) is 0 Å². The highest BCUT2D eigenvalue weighted by Crippen LogP contribution is 2.19. The van der Waals surface area contributed by atoms with Crippen LogP contribution in [0.2, 0.25) is 0 Å². The van der Waals surface area contributed by atoms with E-state index < -0.39 is 5.82 Å². The summed E-state index contributed by atoms with van der Waals surface area (Å²) in [6.45, 7) is 2.23. The van der Waals surface area contributed by atoms with Gasteiger partial charge in [0.1, 0.15) is 5.82 Å². The number of methoxy groups -OCH3 is 1. The lowest BCUT2D eigenvalue weighted by molar-refractivity contribution is 0.0906. The third kappa shape index (κ3) is 3.42. The molecule has 1 atom stereocenters. The van der Waals surface area contributed by atoms with Crippen molar-refractivity contribution in [1.82, 2.24) is 5.32 Å². The maximum atomic E-state index is 13.4. The predicted octanol–water partition coefficient (Wildman–Crippen LogP) is 1.63. The van der Waals surface area contributed by atoms with E-state index in [1.165, 1.54) is 12.1 Å². The van der Waals surface area contributed by atoms with E-state index in [0.29, 0.717) is 6.61 Å². The molecule has 1 amide bonds. The largest absolute Gasteiger partial charge is 0.385 e. The van der Waals surface area contributed by atoms with Gasteiger partial charge in [0.25, 0.3) is 5.91 Å². The van der Waals surface area contributed by atoms with Gasteiger partial charge in [0.15, 0.2) is 0 Å². The average Bonchev–Trinajstić information content (AvgIpc) is 2.28. The first kappa shape index (κ1) is 13.4. The zero-order valence-electron chi connectivity index (χ0n) is 10.2. The first-order valence-electron chi connectivity index (χ1n) is 5.36. The van der Waals surface area contributed by atoms with Crippen molar-refractivity contribution in [2.24, 2.45) is 0 Å². The summed E-state index contributed by atoms with van der Waals surface area (Å²) >= 11 is 0. The quantitative estimate of drug-likeness (QED) is 0.822. The number of halogens is 1. The Balaban J connectivity index is 2.85. The Morgan fingerprint density at radius 3 is 2.82 bits per heavy atom. The minimum atomic E-state index is -0.445. The summed E-state index contributed by atoms with van der Waals surface area (Å²) in [6, 6.07) is 4.26. The van der Waals surface area contributed by atoms with Crippen LogP contribution in [0.5, 0.6) is 0 Å². The monoisotopic (exact) mass is 240 g/mol. The zero-order chi connectivity index (χ0) is 12.8. The first-order valence-corrected chi connectivity index (χ1v) is 5.36. The van der Waals surface area contributed by atoms with Crippen LogP contribution >= 0.6 is 0 Å². The van der Waals surface area contributed by atoms with E-state index >= 15 is 0 Å². The third-order valence-electron chi connectivity index (χ3n) is 2.30. The van der Waals surface area contributed by atoms with Crippen molar-refractivity contribution in [3.05, 3.63) is 29.6 Å². The molecule has 0 saturated heterocycles. The maximum absolute atomic E-state index is 13.4. The summed E-state index contributed by atoms with van der Waals surface area (Å²) < 4.78 is 18.3. The Kier molecular flexibility index (Phi) is 4.90. The molecule has 0 radical (unpaired) electrons. The van der Waals surface area contributed by atoms with Crippen LogP contribution in [0, 0.1) is 5.82 Å². The number of amides is 1. The lowest BCUT2D eigenvalue weighted by Crippen LogP contribution is -2.36. The predicted molar refractivity (Wildman–Crippen MR) is 64.8 cm³/mol. The van der Waals surface area contributed by atoms with Gasteiger partial charge >= 0.3 is 0 Å². The van der Waals surface area contributed by atoms with Crippen molar-refractivity contribution in [3.63, 3.8) is 0 Å². The summed E-state index contributed by atoms with van der Waals surface area (Å²) in [5.41, 5.74) is 0.491. The minimum Gasteiger partial charge on any atom is -0.385 e. The van der Waals surface area contributed by atoms with Gasteiger partial charge in [0.05, 0.1) is 17.9 Å². The fraction of sp³-hybridized carbons (Fsp3) is 0.417. The highest BCUT2D eigenvalue weighted by Gasteiger charge is 2.15. The van der Waals surface area contributed by atoms with E-state index in [1.54, 1.807) is 20.2 Å². The Morgan fingerprint density at radius 2 is 2.24 bits per heavy atom. The molecule has 17 heavy (non-hydrogen) atoms. The lowest BCUT2D eigenvalue weighted by atomic mass is 10.1. The van der Waals surface area contributed by atoms with Gasteiger partial charge in [0, 0.05) is 20.2 Å². The molecule has 0 saturated carbocycles. The summed E-state index contributed by atoms with van der Waals surface area (Å²) in [5, 5.41) is 5.41. The van der Waals surface area contributed by atoms with E-state index in [9.17, 15) is 9.18 Å². The van der Waals surface area contributed by atoms with Crippen LogP contribution in [0.1, 0.15) is 17.3 Å². The number of nitrogens with one attached hydrogen (secondary N) is 2. The van der Waals surface area contributed by atoms with Gasteiger partial charge in [-0.2, -0.15) is 0 Å². The number of carbonyl (C=O) groups excluding carboxylic acids is 1. The SMILES string of the molecule is CNc1c(F)cccc1C(=O)NC(C)COC. The number of rotatable bonds is 5. The van der Waals surface area contributed by atoms with E-state index in [2.05, 4.69) is 10.6 Å². The van der Waals surface area contributed by atoms with Gasteiger partial charge in [-0.3, -0.25) is 4.79 Å². The van der Waals surface area contributed by atoms with E-state index in [4.69, 9.17) is 4.74 Å². The molecular weight excluding hydrogens is 223 g/mol. The van der Waals surface area contributed by atoms with Crippen molar-refractivity contribution in [2.45, 2.75) is 13.0 Å². The smallest absolute Gasteiger partial charge is 0.253 e. The Morgan fingerprint density at radius 1 is 1.53 bits per heavy atom. The molecule has 94 valence electrons. The fourth-order valence-electron chi connectivity index (χ4n) is 1.56. The molecule has 0 aliphatic heterocycles. The molecule has 0 fully saturated rings. The number of benzene rings is 1. The molecule has 4 nitrogen and oxygen atoms in total. The average molecular weight is 240 g/mol. The maximum Gasteiger partial charge on any atom is 0.253 e. The molecule has 0 spiro atoms. The Hall–Kier alpha value is -1.62. The Bertz CT molecular complexity index is 396. The second kappa shape index (κ2) is 6.20. The molecule has 0 bridgehead atoms. The third-order valence-corrected chi connectivity index (χ3v) is 2.30. The van der Waals surface area contributed by atoms with Crippen LogP contribution in [0.15, 0.2) is 18.2 Å². The molecule has 2 N–H and O–H groups in total. The van der Waals surface area contributed by atoms with E-state index in [1.807, 2.05) is 6.92 Å². The molecule has 1 unspecified atom stereocenters. The van der Waals surface area contributed by atoms with E-state index in [-0.39, 0.29) is 23.2 Å². The zero-order valence-corrected chi connectivity index (χ0v) is 10.2. The number of hydrogen-bond donors (Lipinski definition) is 2. The number of hydrogen-bond acceptors (Lipinski definition) is 3. The van der Waals surface area contributed by atoms with Crippen LogP contribution in [-0.2, 0) is 4.74 Å². The van der Waals surface area contributed by atoms with Gasteiger partial charge < -0.3 is 15.4 Å². The van der Waals surface area contributed by atoms with Crippen molar-refractivity contribution in [1.29, 1.82) is 0 Å². The Labute approximate surface area is 100 Å². The minimum absolute atomic E-state index is 0.125. The van der Waals surface area contributed by atoms with Gasteiger partial charge in [-0.15, -0.1) is 0 Å². The number of para-hydroxylation sites is 1. The second-order valence-electron chi connectivity index (χ2n) is 3.74. The summed E-state index contributed by atoms with van der Waals surface area (Å²) in [5.74, 6) is -0.766. The molecule has 1 rings (SSSR count). The van der Waals surface area contributed by atoms with Crippen LogP contribution in [0.3, 0.4) is 0 Å². The molecule has 0 aliphatic carbocycles. The topological polar surface area (TPSA) is 50.4 Å². The van der Waals surface area contributed by atoms with Gasteiger partial charge in [0.2, 0.25) is 0 Å². The number of carbonyl (C=O) groups is 1. The van der Waals surface area contributed by atoms with Crippen molar-refractivity contribution >= 4 is 11.6 Å². The normalized spacial score (nSPS) is 12.0. The number of anilines is 1. The van der Waals surface area contributed by atoms with E-state index in [0.717, 1.165) is 0 Å². The lowest BCUT2D eigenvalue weighted by Gasteiger charge is -2.15. The molecule has 1 aromatic carbocycles. The first-order chi connectivity index (χ1) is 8.10. The standard InChI is InChI=1S/C12H17FN2O2/c1-8(7-17-3)15-12(16)9-5-4-6-10(13)11(9)14-2/h4-6,8,14H,7H2,1-3H3,(H,15,16). The van der Waals surface area contributed by atoms with Gasteiger partial charge in [-0.1, -0.05) is 6.07 Å². The molecule has 5 heteroatoms. The summed E-state index contributed by atoms with van der Waals surface area (Å²) in [6.07, 6.45) is 0. The second-order valence-corrected chi connectivity index (χ2v) is 3.74. The van der Waals surface area contributed by atoms with Crippen LogP contribution < -0.4 is 10.6 Å². The van der Waals surface area contributed by atoms with Crippen LogP contribution in [0.4, 0.5) is 10.1 Å². The highest BCUT2D eigenvalue weighted by molar-refractivity contribution is 5.99. The molecule has 0 aliphatic rings. The van der Waals surface area contributed by atoms with Crippen molar-refractivity contribution < 1.29 is 13.9 Å². The van der Waals surface area contributed by atoms with Crippen molar-refractivity contribution in [3.8, 4) is 0 Å². The summed E-state index contributed by atoms with van der Waals surface area (Å²) in [7, 11) is 3.14. The molecule has 0 aromatic heterocycles. The molecular formula is C12H17FN2O2. The summed E-state index contributed by atoms with van der Waals surface area (Å²) in [4.78, 5) is 11.9. The van der Waals surface area contributed by atoms with Gasteiger partial charge in [-0.05, 0) is 19.1 Å². The molecule has 1 aromatic rings. The highest BCUT2D eigenvalue weighted by atomic mass is 19.1. The fourth-order valence-corrected chi connectivity index (χ4v) is 1.56.